The van der Waals surface area contributed by atoms with Crippen molar-refractivity contribution in [3.8, 4) is 5.88 Å². The van der Waals surface area contributed by atoms with Gasteiger partial charge in [0, 0.05) is 23.6 Å². The molecule has 1 aliphatic heterocycles. The highest BCUT2D eigenvalue weighted by molar-refractivity contribution is 7.99. The highest BCUT2D eigenvalue weighted by atomic mass is 32.2. The van der Waals surface area contributed by atoms with Crippen LogP contribution in [-0.2, 0) is 0 Å². The maximum Gasteiger partial charge on any atom is 0.226 e. The van der Waals surface area contributed by atoms with E-state index in [0.717, 1.165) is 11.4 Å². The van der Waals surface area contributed by atoms with Gasteiger partial charge in [0.05, 0.1) is 6.10 Å². The van der Waals surface area contributed by atoms with E-state index in [1.165, 1.54) is 18.6 Å². The molecule has 1 N–H and O–H groups in total. The highest BCUT2D eigenvalue weighted by Gasteiger charge is 2.15. The molecule has 1 saturated heterocycles. The Morgan fingerprint density at radius 1 is 1.44 bits per heavy atom. The number of ether oxygens (including phenoxy) is 1. The van der Waals surface area contributed by atoms with Crippen molar-refractivity contribution in [2.45, 2.75) is 45.8 Å². The number of rotatable bonds is 4. The summed E-state index contributed by atoms with van der Waals surface area (Å²) in [4.78, 5) is 8.84. The predicted molar refractivity (Wildman–Crippen MR) is 76.5 cm³/mol. The third-order valence-corrected chi connectivity index (χ3v) is 3.90. The van der Waals surface area contributed by atoms with E-state index >= 15 is 0 Å². The van der Waals surface area contributed by atoms with Crippen molar-refractivity contribution in [2.24, 2.45) is 0 Å². The number of aromatic nitrogens is 2. The van der Waals surface area contributed by atoms with E-state index in [1.54, 1.807) is 0 Å². The zero-order valence-electron chi connectivity index (χ0n) is 11.3. The fourth-order valence-corrected chi connectivity index (χ4v) is 3.02. The second-order valence-corrected chi connectivity index (χ2v) is 6.05. The molecular weight excluding hydrogens is 246 g/mol. The van der Waals surface area contributed by atoms with Crippen LogP contribution in [0.15, 0.2) is 6.07 Å². The Kier molecular flexibility index (Phi) is 4.69. The molecule has 2 heterocycles. The van der Waals surface area contributed by atoms with Gasteiger partial charge in [0.1, 0.15) is 0 Å². The summed E-state index contributed by atoms with van der Waals surface area (Å²) in [5.74, 6) is 3.76. The second-order valence-electron chi connectivity index (χ2n) is 4.90. The molecule has 0 bridgehead atoms. The zero-order chi connectivity index (χ0) is 13.0. The van der Waals surface area contributed by atoms with Crippen LogP contribution in [0.1, 0.15) is 32.4 Å². The molecule has 1 aliphatic rings. The van der Waals surface area contributed by atoms with Crippen LogP contribution in [0.2, 0.25) is 0 Å². The summed E-state index contributed by atoms with van der Waals surface area (Å²) >= 11 is 1.99. The van der Waals surface area contributed by atoms with Crippen LogP contribution in [0.3, 0.4) is 0 Å². The van der Waals surface area contributed by atoms with E-state index in [0.29, 0.717) is 17.9 Å². The van der Waals surface area contributed by atoms with Crippen LogP contribution in [0.5, 0.6) is 5.88 Å². The molecule has 5 heteroatoms. The molecule has 0 aromatic carbocycles. The smallest absolute Gasteiger partial charge is 0.226 e. The van der Waals surface area contributed by atoms with Gasteiger partial charge in [-0.2, -0.15) is 16.7 Å². The van der Waals surface area contributed by atoms with Gasteiger partial charge in [0.2, 0.25) is 11.8 Å². The summed E-state index contributed by atoms with van der Waals surface area (Å²) in [5.41, 5.74) is 0.937. The maximum atomic E-state index is 5.63. The predicted octanol–water partition coefficient (Wildman–Crippen LogP) is 2.88. The van der Waals surface area contributed by atoms with Gasteiger partial charge in [-0.1, -0.05) is 0 Å². The largest absolute Gasteiger partial charge is 0.475 e. The second kappa shape index (κ2) is 6.27. The molecule has 0 saturated carbocycles. The maximum absolute atomic E-state index is 5.63. The SMILES string of the molecule is Cc1cc(OC(C)C)nc(NC2CCCSC2)n1. The van der Waals surface area contributed by atoms with Crippen molar-refractivity contribution < 1.29 is 4.74 Å². The minimum atomic E-state index is 0.136. The molecular formula is C13H21N3OS. The molecule has 0 amide bonds. The molecule has 18 heavy (non-hydrogen) atoms. The summed E-state index contributed by atoms with van der Waals surface area (Å²) < 4.78 is 5.63. The van der Waals surface area contributed by atoms with Crippen molar-refractivity contribution in [3.63, 3.8) is 0 Å². The van der Waals surface area contributed by atoms with Gasteiger partial charge in [0.15, 0.2) is 0 Å². The number of hydrogen-bond donors (Lipinski definition) is 1. The first-order valence-electron chi connectivity index (χ1n) is 6.50. The van der Waals surface area contributed by atoms with Crippen molar-refractivity contribution in [2.75, 3.05) is 16.8 Å². The van der Waals surface area contributed by atoms with E-state index < -0.39 is 0 Å². The molecule has 1 aromatic rings. The van der Waals surface area contributed by atoms with E-state index in [2.05, 4.69) is 15.3 Å². The van der Waals surface area contributed by atoms with Crippen LogP contribution >= 0.6 is 11.8 Å². The van der Waals surface area contributed by atoms with Gasteiger partial charge in [-0.05, 0) is 39.4 Å². The first kappa shape index (κ1) is 13.5. The molecule has 2 rings (SSSR count). The summed E-state index contributed by atoms with van der Waals surface area (Å²) in [7, 11) is 0. The Morgan fingerprint density at radius 2 is 2.28 bits per heavy atom. The number of hydrogen-bond acceptors (Lipinski definition) is 5. The van der Waals surface area contributed by atoms with Crippen LogP contribution < -0.4 is 10.1 Å². The molecule has 0 aliphatic carbocycles. The molecule has 1 atom stereocenters. The minimum absolute atomic E-state index is 0.136. The summed E-state index contributed by atoms with van der Waals surface area (Å²) in [6.07, 6.45) is 2.60. The normalized spacial score (nSPS) is 19.9. The quantitative estimate of drug-likeness (QED) is 0.909. The van der Waals surface area contributed by atoms with Crippen LogP contribution in [0, 0.1) is 6.92 Å². The van der Waals surface area contributed by atoms with Gasteiger partial charge in [-0.15, -0.1) is 0 Å². The highest BCUT2D eigenvalue weighted by Crippen LogP contribution is 2.21. The molecule has 1 fully saturated rings. The molecule has 100 valence electrons. The first-order chi connectivity index (χ1) is 8.63. The Labute approximate surface area is 113 Å². The first-order valence-corrected chi connectivity index (χ1v) is 7.65. The number of thioether (sulfide) groups is 1. The number of aryl methyl sites for hydroxylation is 1. The lowest BCUT2D eigenvalue weighted by atomic mass is 10.2. The number of anilines is 1. The van der Waals surface area contributed by atoms with Gasteiger partial charge >= 0.3 is 0 Å². The minimum Gasteiger partial charge on any atom is -0.475 e. The van der Waals surface area contributed by atoms with E-state index in [4.69, 9.17) is 4.74 Å². The third-order valence-electron chi connectivity index (χ3n) is 2.68. The zero-order valence-corrected chi connectivity index (χ0v) is 12.1. The lowest BCUT2D eigenvalue weighted by Gasteiger charge is -2.22. The number of nitrogens with zero attached hydrogens (tertiary/aromatic N) is 2. The average Bonchev–Trinajstić information content (AvgIpc) is 2.28. The van der Waals surface area contributed by atoms with Crippen molar-refractivity contribution in [1.29, 1.82) is 0 Å². The summed E-state index contributed by atoms with van der Waals surface area (Å²) in [5, 5.41) is 3.41. The molecule has 4 nitrogen and oxygen atoms in total. The van der Waals surface area contributed by atoms with Crippen molar-refractivity contribution in [3.05, 3.63) is 11.8 Å². The van der Waals surface area contributed by atoms with Crippen molar-refractivity contribution >= 4 is 17.7 Å². The third kappa shape index (κ3) is 4.05. The molecule has 0 radical (unpaired) electrons. The van der Waals surface area contributed by atoms with Gasteiger partial charge in [-0.25, -0.2) is 4.98 Å². The topological polar surface area (TPSA) is 47.0 Å². The average molecular weight is 267 g/mol. The van der Waals surface area contributed by atoms with Gasteiger partial charge in [-0.3, -0.25) is 0 Å². The Hall–Kier alpha value is -0.970. The van der Waals surface area contributed by atoms with Crippen LogP contribution in [-0.4, -0.2) is 33.6 Å². The Bertz CT molecular complexity index is 392. The number of nitrogens with one attached hydrogen (secondary N) is 1. The fourth-order valence-electron chi connectivity index (χ4n) is 1.94. The lowest BCUT2D eigenvalue weighted by Crippen LogP contribution is -2.27. The summed E-state index contributed by atoms with van der Waals surface area (Å²) in [6, 6.07) is 2.36. The van der Waals surface area contributed by atoms with E-state index in [1.807, 2.05) is 38.6 Å². The monoisotopic (exact) mass is 267 g/mol. The fraction of sp³-hybridized carbons (Fsp3) is 0.692. The van der Waals surface area contributed by atoms with Crippen LogP contribution in [0.4, 0.5) is 5.95 Å². The van der Waals surface area contributed by atoms with Gasteiger partial charge < -0.3 is 10.1 Å². The summed E-state index contributed by atoms with van der Waals surface area (Å²) in [6.45, 7) is 5.97. The van der Waals surface area contributed by atoms with Gasteiger partial charge in [0.25, 0.3) is 0 Å². The molecule has 1 aromatic heterocycles. The van der Waals surface area contributed by atoms with E-state index in [9.17, 15) is 0 Å². The molecule has 0 spiro atoms. The lowest BCUT2D eigenvalue weighted by molar-refractivity contribution is 0.232. The Balaban J connectivity index is 2.04. The van der Waals surface area contributed by atoms with Crippen molar-refractivity contribution in [1.82, 2.24) is 9.97 Å². The molecule has 1 unspecified atom stereocenters. The van der Waals surface area contributed by atoms with E-state index in [-0.39, 0.29) is 6.10 Å². The van der Waals surface area contributed by atoms with Crippen LogP contribution in [0.25, 0.3) is 0 Å². The Morgan fingerprint density at radius 3 is 2.94 bits per heavy atom. The standard InChI is InChI=1S/C13H21N3OS/c1-9(2)17-12-7-10(3)14-13(16-12)15-11-5-4-6-18-8-11/h7,9,11H,4-6,8H2,1-3H3,(H,14,15,16).